The van der Waals surface area contributed by atoms with Crippen LogP contribution in [0.15, 0.2) is 42.5 Å². The molecule has 2 aromatic rings. The lowest BCUT2D eigenvalue weighted by molar-refractivity contribution is 0.104. The van der Waals surface area contributed by atoms with Crippen LogP contribution in [0.5, 0.6) is 23.0 Å². The number of nitrogens with zero attached hydrogens (tertiary/aromatic N) is 1. The molecule has 0 radical (unpaired) electrons. The molecule has 150 valence electrons. The van der Waals surface area contributed by atoms with Crippen LogP contribution in [0, 0.1) is 0 Å². The van der Waals surface area contributed by atoms with Crippen molar-refractivity contribution in [1.29, 1.82) is 0 Å². The van der Waals surface area contributed by atoms with Gasteiger partial charge < -0.3 is 23.8 Å². The number of rotatable bonds is 10. The van der Waals surface area contributed by atoms with Crippen LogP contribution in [0.1, 0.15) is 15.9 Å². The SMILES string of the molecule is COc1ccc(/C=C/C(=O)c2ccc(OCCN(C)C)cc2)c(OC)c1OC. The average Bonchev–Trinajstić information content (AvgIpc) is 2.71. The van der Waals surface area contributed by atoms with Crippen LogP contribution in [0.2, 0.25) is 0 Å². The largest absolute Gasteiger partial charge is 0.493 e. The first-order valence-corrected chi connectivity index (χ1v) is 8.89. The summed E-state index contributed by atoms with van der Waals surface area (Å²) >= 11 is 0. The Hall–Kier alpha value is -2.99. The van der Waals surface area contributed by atoms with Gasteiger partial charge in [0, 0.05) is 17.7 Å². The van der Waals surface area contributed by atoms with Crippen molar-refractivity contribution in [3.8, 4) is 23.0 Å². The van der Waals surface area contributed by atoms with Gasteiger partial charge in [-0.15, -0.1) is 0 Å². The van der Waals surface area contributed by atoms with Crippen LogP contribution in [-0.2, 0) is 0 Å². The van der Waals surface area contributed by atoms with E-state index in [1.165, 1.54) is 6.08 Å². The first kappa shape index (κ1) is 21.3. The van der Waals surface area contributed by atoms with Crippen LogP contribution in [0.3, 0.4) is 0 Å². The molecular formula is C22H27NO5. The molecule has 0 amide bonds. The van der Waals surface area contributed by atoms with Crippen LogP contribution in [0.25, 0.3) is 6.08 Å². The molecule has 0 aromatic heterocycles. The first-order chi connectivity index (χ1) is 13.5. The molecule has 0 saturated heterocycles. The van der Waals surface area contributed by atoms with E-state index < -0.39 is 0 Å². The molecule has 0 aliphatic rings. The fraction of sp³-hybridized carbons (Fsp3) is 0.318. The topological polar surface area (TPSA) is 57.2 Å². The summed E-state index contributed by atoms with van der Waals surface area (Å²) in [7, 11) is 8.63. The van der Waals surface area contributed by atoms with Gasteiger partial charge in [-0.1, -0.05) is 0 Å². The maximum atomic E-state index is 12.5. The Balaban J connectivity index is 2.11. The third-order valence-electron chi connectivity index (χ3n) is 4.09. The Bertz CT molecular complexity index is 812. The van der Waals surface area contributed by atoms with Crippen molar-refractivity contribution >= 4 is 11.9 Å². The Morgan fingerprint density at radius 1 is 0.929 bits per heavy atom. The summed E-state index contributed by atoms with van der Waals surface area (Å²) in [6, 6.07) is 10.7. The van der Waals surface area contributed by atoms with Crippen molar-refractivity contribution in [1.82, 2.24) is 4.90 Å². The van der Waals surface area contributed by atoms with E-state index in [9.17, 15) is 4.79 Å². The fourth-order valence-corrected chi connectivity index (χ4v) is 2.58. The molecule has 0 saturated carbocycles. The minimum absolute atomic E-state index is 0.114. The van der Waals surface area contributed by atoms with Crippen molar-refractivity contribution in [2.24, 2.45) is 0 Å². The highest BCUT2D eigenvalue weighted by atomic mass is 16.5. The number of carbonyl (C=O) groups excluding carboxylic acids is 1. The molecule has 0 aliphatic carbocycles. The maximum Gasteiger partial charge on any atom is 0.203 e. The van der Waals surface area contributed by atoms with Gasteiger partial charge in [0.05, 0.1) is 21.3 Å². The second-order valence-corrected chi connectivity index (χ2v) is 6.30. The standard InChI is InChI=1S/C22H27NO5/c1-23(2)14-15-28-18-10-6-16(7-11-18)19(24)12-8-17-9-13-20(25-3)22(27-5)21(17)26-4/h6-13H,14-15H2,1-5H3/b12-8+. The number of carbonyl (C=O) groups is 1. The third kappa shape index (κ3) is 5.50. The summed E-state index contributed by atoms with van der Waals surface area (Å²) in [6.45, 7) is 1.43. The zero-order valence-corrected chi connectivity index (χ0v) is 17.0. The number of ether oxygens (including phenoxy) is 4. The van der Waals surface area contributed by atoms with Gasteiger partial charge in [-0.3, -0.25) is 4.79 Å². The predicted molar refractivity (Wildman–Crippen MR) is 110 cm³/mol. The van der Waals surface area contributed by atoms with Crippen molar-refractivity contribution in [2.45, 2.75) is 0 Å². The number of methoxy groups -OCH3 is 3. The summed E-state index contributed by atoms with van der Waals surface area (Å²) in [6.07, 6.45) is 3.20. The van der Waals surface area contributed by atoms with Crippen LogP contribution >= 0.6 is 0 Å². The van der Waals surface area contributed by atoms with Crippen molar-refractivity contribution in [3.05, 3.63) is 53.6 Å². The molecule has 0 spiro atoms. The lowest BCUT2D eigenvalue weighted by atomic mass is 10.1. The average molecular weight is 385 g/mol. The van der Waals surface area contributed by atoms with Gasteiger partial charge in [0.25, 0.3) is 0 Å². The molecule has 0 fully saturated rings. The fourth-order valence-electron chi connectivity index (χ4n) is 2.58. The summed E-state index contributed by atoms with van der Waals surface area (Å²) < 4.78 is 21.7. The summed E-state index contributed by atoms with van der Waals surface area (Å²) in [4.78, 5) is 14.5. The summed E-state index contributed by atoms with van der Waals surface area (Å²) in [5.74, 6) is 2.18. The number of allylic oxidation sites excluding steroid dienone is 1. The van der Waals surface area contributed by atoms with E-state index in [0.29, 0.717) is 29.4 Å². The van der Waals surface area contributed by atoms with E-state index >= 15 is 0 Å². The Morgan fingerprint density at radius 3 is 2.18 bits per heavy atom. The number of hydrogen-bond donors (Lipinski definition) is 0. The highest BCUT2D eigenvalue weighted by molar-refractivity contribution is 6.07. The molecule has 28 heavy (non-hydrogen) atoms. The number of likely N-dealkylation sites (N-methyl/N-ethyl adjacent to an activating group) is 1. The molecule has 6 heteroatoms. The molecule has 0 N–H and O–H groups in total. The highest BCUT2D eigenvalue weighted by Gasteiger charge is 2.14. The van der Waals surface area contributed by atoms with Gasteiger partial charge >= 0.3 is 0 Å². The summed E-state index contributed by atoms with van der Waals surface area (Å²) in [5.41, 5.74) is 1.30. The number of benzene rings is 2. The second-order valence-electron chi connectivity index (χ2n) is 6.30. The molecule has 0 aliphatic heterocycles. The monoisotopic (exact) mass is 385 g/mol. The van der Waals surface area contributed by atoms with Crippen molar-refractivity contribution in [2.75, 3.05) is 48.6 Å². The molecule has 0 atom stereocenters. The van der Waals surface area contributed by atoms with Gasteiger partial charge in [0.2, 0.25) is 5.75 Å². The Morgan fingerprint density at radius 2 is 1.61 bits per heavy atom. The second kappa shape index (κ2) is 10.4. The molecule has 0 unspecified atom stereocenters. The van der Waals surface area contributed by atoms with E-state index in [4.69, 9.17) is 18.9 Å². The van der Waals surface area contributed by atoms with E-state index in [2.05, 4.69) is 0 Å². The zero-order chi connectivity index (χ0) is 20.5. The molecule has 2 rings (SSSR count). The molecule has 6 nitrogen and oxygen atoms in total. The van der Waals surface area contributed by atoms with E-state index in [0.717, 1.165) is 17.9 Å². The van der Waals surface area contributed by atoms with E-state index in [1.54, 1.807) is 57.7 Å². The minimum atomic E-state index is -0.114. The Labute approximate surface area is 166 Å². The van der Waals surface area contributed by atoms with Crippen LogP contribution < -0.4 is 18.9 Å². The summed E-state index contributed by atoms with van der Waals surface area (Å²) in [5, 5.41) is 0. The van der Waals surface area contributed by atoms with Crippen LogP contribution in [0.4, 0.5) is 0 Å². The van der Waals surface area contributed by atoms with Gasteiger partial charge in [0.15, 0.2) is 17.3 Å². The van der Waals surface area contributed by atoms with Crippen LogP contribution in [-0.4, -0.2) is 59.3 Å². The first-order valence-electron chi connectivity index (χ1n) is 8.89. The normalized spacial score (nSPS) is 10.9. The highest BCUT2D eigenvalue weighted by Crippen LogP contribution is 2.40. The Kier molecular flexibility index (Phi) is 7.89. The minimum Gasteiger partial charge on any atom is -0.493 e. The lowest BCUT2D eigenvalue weighted by Gasteiger charge is -2.14. The van der Waals surface area contributed by atoms with Crippen molar-refractivity contribution < 1.29 is 23.7 Å². The molecular weight excluding hydrogens is 358 g/mol. The molecule has 0 heterocycles. The van der Waals surface area contributed by atoms with Crippen molar-refractivity contribution in [3.63, 3.8) is 0 Å². The number of ketones is 1. The van der Waals surface area contributed by atoms with E-state index in [-0.39, 0.29) is 5.78 Å². The van der Waals surface area contributed by atoms with Gasteiger partial charge in [-0.2, -0.15) is 0 Å². The van der Waals surface area contributed by atoms with Gasteiger partial charge in [0.1, 0.15) is 12.4 Å². The third-order valence-corrected chi connectivity index (χ3v) is 4.09. The quantitative estimate of drug-likeness (QED) is 0.461. The smallest absolute Gasteiger partial charge is 0.203 e. The van der Waals surface area contributed by atoms with Gasteiger partial charge in [-0.05, 0) is 62.6 Å². The maximum absolute atomic E-state index is 12.5. The molecule has 0 bridgehead atoms. The zero-order valence-electron chi connectivity index (χ0n) is 17.0. The van der Waals surface area contributed by atoms with E-state index in [1.807, 2.05) is 25.1 Å². The lowest BCUT2D eigenvalue weighted by Crippen LogP contribution is -2.19. The van der Waals surface area contributed by atoms with Gasteiger partial charge in [-0.25, -0.2) is 0 Å². The number of hydrogen-bond acceptors (Lipinski definition) is 6. The molecule has 2 aromatic carbocycles. The predicted octanol–water partition coefficient (Wildman–Crippen LogP) is 3.55.